The Labute approximate surface area is 106 Å². The molecular weight excluding hydrogens is 298 g/mol. The van der Waals surface area contributed by atoms with Gasteiger partial charge in [0.15, 0.2) is 6.29 Å². The summed E-state index contributed by atoms with van der Waals surface area (Å²) in [5.41, 5.74) is -0.203. The number of rotatable bonds is 5. The highest BCUT2D eigenvalue weighted by molar-refractivity contribution is 9.10. The average molecular weight is 311 g/mol. The second-order valence-electron chi connectivity index (χ2n) is 3.43. The largest absolute Gasteiger partial charge is 0.387 e. The lowest BCUT2D eigenvalue weighted by molar-refractivity contribution is -0.163. The molecule has 0 aliphatic carbocycles. The first-order valence-electron chi connectivity index (χ1n) is 4.87. The molecule has 1 aromatic rings. The SMILES string of the molecule is COC(OC)C(O)Cc1c(F)ccc(Br)c1F. The number of benzene rings is 1. The van der Waals surface area contributed by atoms with Gasteiger partial charge in [0.2, 0.25) is 0 Å². The molecular formula is C11H13BrF2O3. The number of methoxy groups -OCH3 is 2. The van der Waals surface area contributed by atoms with Gasteiger partial charge in [-0.15, -0.1) is 0 Å². The van der Waals surface area contributed by atoms with Crippen LogP contribution in [-0.4, -0.2) is 31.7 Å². The van der Waals surface area contributed by atoms with Gasteiger partial charge >= 0.3 is 0 Å². The zero-order chi connectivity index (χ0) is 13.0. The van der Waals surface area contributed by atoms with Gasteiger partial charge in [0.1, 0.15) is 17.7 Å². The van der Waals surface area contributed by atoms with Crippen molar-refractivity contribution in [3.8, 4) is 0 Å². The zero-order valence-corrected chi connectivity index (χ0v) is 11.0. The third-order valence-corrected chi connectivity index (χ3v) is 2.94. The molecule has 1 N–H and O–H groups in total. The average Bonchev–Trinajstić information content (AvgIpc) is 2.31. The molecule has 96 valence electrons. The van der Waals surface area contributed by atoms with Crippen LogP contribution in [0.3, 0.4) is 0 Å². The summed E-state index contributed by atoms with van der Waals surface area (Å²) in [5.74, 6) is -1.44. The second kappa shape index (κ2) is 6.39. The van der Waals surface area contributed by atoms with Crippen LogP contribution < -0.4 is 0 Å². The van der Waals surface area contributed by atoms with Gasteiger partial charge < -0.3 is 14.6 Å². The smallest absolute Gasteiger partial charge is 0.183 e. The molecule has 0 aromatic heterocycles. The molecule has 0 saturated heterocycles. The lowest BCUT2D eigenvalue weighted by Gasteiger charge is -2.20. The summed E-state index contributed by atoms with van der Waals surface area (Å²) >= 11 is 2.96. The Hall–Kier alpha value is -0.560. The predicted molar refractivity (Wildman–Crippen MR) is 61.6 cm³/mol. The second-order valence-corrected chi connectivity index (χ2v) is 4.29. The van der Waals surface area contributed by atoms with Gasteiger partial charge in [-0.1, -0.05) is 0 Å². The Morgan fingerprint density at radius 2 is 1.88 bits per heavy atom. The van der Waals surface area contributed by atoms with Crippen LogP contribution >= 0.6 is 15.9 Å². The van der Waals surface area contributed by atoms with Crippen molar-refractivity contribution in [1.29, 1.82) is 0 Å². The molecule has 0 heterocycles. The van der Waals surface area contributed by atoms with Crippen molar-refractivity contribution in [1.82, 2.24) is 0 Å². The summed E-state index contributed by atoms with van der Waals surface area (Å²) in [6.45, 7) is 0. The molecule has 0 saturated carbocycles. The number of hydrogen-bond acceptors (Lipinski definition) is 3. The van der Waals surface area contributed by atoms with Crippen molar-refractivity contribution < 1.29 is 23.4 Å². The highest BCUT2D eigenvalue weighted by atomic mass is 79.9. The summed E-state index contributed by atoms with van der Waals surface area (Å²) in [4.78, 5) is 0. The third kappa shape index (κ3) is 3.45. The van der Waals surface area contributed by atoms with Crippen LogP contribution in [0.2, 0.25) is 0 Å². The van der Waals surface area contributed by atoms with E-state index in [4.69, 9.17) is 9.47 Å². The molecule has 6 heteroatoms. The van der Waals surface area contributed by atoms with Gasteiger partial charge in [-0.25, -0.2) is 8.78 Å². The molecule has 0 spiro atoms. The van der Waals surface area contributed by atoms with E-state index in [9.17, 15) is 13.9 Å². The molecule has 0 fully saturated rings. The van der Waals surface area contributed by atoms with Crippen LogP contribution in [0.25, 0.3) is 0 Å². The molecule has 0 radical (unpaired) electrons. The molecule has 1 atom stereocenters. The summed E-state index contributed by atoms with van der Waals surface area (Å²) < 4.78 is 36.8. The van der Waals surface area contributed by atoms with E-state index < -0.39 is 24.0 Å². The Bertz CT molecular complexity index is 383. The molecule has 3 nitrogen and oxygen atoms in total. The van der Waals surface area contributed by atoms with Crippen LogP contribution in [0.4, 0.5) is 8.78 Å². The maximum Gasteiger partial charge on any atom is 0.183 e. The summed E-state index contributed by atoms with van der Waals surface area (Å²) in [7, 11) is 2.68. The first kappa shape index (κ1) is 14.5. The van der Waals surface area contributed by atoms with E-state index in [1.54, 1.807) is 0 Å². The lowest BCUT2D eigenvalue weighted by atomic mass is 10.1. The van der Waals surface area contributed by atoms with Crippen LogP contribution in [0.1, 0.15) is 5.56 Å². The zero-order valence-electron chi connectivity index (χ0n) is 9.41. The third-order valence-electron chi connectivity index (χ3n) is 2.33. The van der Waals surface area contributed by atoms with Crippen LogP contribution in [0.5, 0.6) is 0 Å². The monoisotopic (exact) mass is 310 g/mol. The topological polar surface area (TPSA) is 38.7 Å². The van der Waals surface area contributed by atoms with Crippen LogP contribution in [-0.2, 0) is 15.9 Å². The number of halogens is 3. The fourth-order valence-corrected chi connectivity index (χ4v) is 1.84. The minimum absolute atomic E-state index is 0.146. The fraction of sp³-hybridized carbons (Fsp3) is 0.455. The minimum Gasteiger partial charge on any atom is -0.387 e. The van der Waals surface area contributed by atoms with E-state index in [1.165, 1.54) is 20.3 Å². The number of aliphatic hydroxyl groups is 1. The highest BCUT2D eigenvalue weighted by Crippen LogP contribution is 2.23. The molecule has 1 unspecified atom stereocenters. The summed E-state index contributed by atoms with van der Waals surface area (Å²) in [5, 5.41) is 9.70. The van der Waals surface area contributed by atoms with Gasteiger partial charge in [-0.3, -0.25) is 0 Å². The first-order chi connectivity index (χ1) is 8.01. The lowest BCUT2D eigenvalue weighted by Crippen LogP contribution is -2.32. The molecule has 0 aliphatic rings. The molecule has 1 aromatic carbocycles. The van der Waals surface area contributed by atoms with E-state index in [0.29, 0.717) is 0 Å². The summed E-state index contributed by atoms with van der Waals surface area (Å²) in [6.07, 6.45) is -2.31. The Kier molecular flexibility index (Phi) is 5.45. The molecule has 0 aliphatic heterocycles. The molecule has 0 bridgehead atoms. The first-order valence-corrected chi connectivity index (χ1v) is 5.66. The van der Waals surface area contributed by atoms with Crippen molar-refractivity contribution in [2.24, 2.45) is 0 Å². The quantitative estimate of drug-likeness (QED) is 0.669. The van der Waals surface area contributed by atoms with E-state index in [1.807, 2.05) is 0 Å². The maximum atomic E-state index is 13.6. The summed E-state index contributed by atoms with van der Waals surface area (Å²) in [6, 6.07) is 2.40. The Balaban J connectivity index is 2.91. The number of ether oxygens (including phenoxy) is 2. The molecule has 17 heavy (non-hydrogen) atoms. The Morgan fingerprint density at radius 1 is 1.29 bits per heavy atom. The molecule has 0 amide bonds. The van der Waals surface area contributed by atoms with E-state index >= 15 is 0 Å². The van der Waals surface area contributed by atoms with E-state index in [0.717, 1.165) is 6.07 Å². The fourth-order valence-electron chi connectivity index (χ4n) is 1.47. The van der Waals surface area contributed by atoms with Gasteiger partial charge in [0, 0.05) is 26.2 Å². The van der Waals surface area contributed by atoms with Gasteiger partial charge in [0.25, 0.3) is 0 Å². The van der Waals surface area contributed by atoms with E-state index in [2.05, 4.69) is 15.9 Å². The number of aliphatic hydroxyl groups excluding tert-OH is 1. The Morgan fingerprint density at radius 3 is 2.41 bits per heavy atom. The standard InChI is InChI=1S/C11H13BrF2O3/c1-16-11(17-2)9(15)5-6-8(13)4-3-7(12)10(6)14/h3-4,9,11,15H,5H2,1-2H3. The van der Waals surface area contributed by atoms with Gasteiger partial charge in [-0.2, -0.15) is 0 Å². The van der Waals surface area contributed by atoms with Gasteiger partial charge in [-0.05, 0) is 28.1 Å². The van der Waals surface area contributed by atoms with Crippen LogP contribution in [0.15, 0.2) is 16.6 Å². The van der Waals surface area contributed by atoms with Crippen molar-refractivity contribution in [3.05, 3.63) is 33.8 Å². The highest BCUT2D eigenvalue weighted by Gasteiger charge is 2.22. The predicted octanol–water partition coefficient (Wildman–Crippen LogP) is 2.25. The number of hydrogen-bond donors (Lipinski definition) is 1. The minimum atomic E-state index is -1.15. The van der Waals surface area contributed by atoms with Crippen molar-refractivity contribution in [2.45, 2.75) is 18.8 Å². The van der Waals surface area contributed by atoms with E-state index in [-0.39, 0.29) is 16.5 Å². The van der Waals surface area contributed by atoms with Crippen molar-refractivity contribution in [2.75, 3.05) is 14.2 Å². The van der Waals surface area contributed by atoms with Crippen LogP contribution in [0, 0.1) is 11.6 Å². The van der Waals surface area contributed by atoms with Gasteiger partial charge in [0.05, 0.1) is 4.47 Å². The molecule has 1 rings (SSSR count). The normalized spacial score (nSPS) is 13.1. The van der Waals surface area contributed by atoms with Crippen molar-refractivity contribution >= 4 is 15.9 Å². The van der Waals surface area contributed by atoms with Crippen molar-refractivity contribution in [3.63, 3.8) is 0 Å². The maximum absolute atomic E-state index is 13.6.